The fourth-order valence-corrected chi connectivity index (χ4v) is 3.01. The highest BCUT2D eigenvalue weighted by molar-refractivity contribution is 5.76. The van der Waals surface area contributed by atoms with E-state index in [9.17, 15) is 4.79 Å². The monoisotopic (exact) mass is 393 g/mol. The topological polar surface area (TPSA) is 77.2 Å². The lowest BCUT2D eigenvalue weighted by Gasteiger charge is -2.26. The van der Waals surface area contributed by atoms with E-state index in [1.54, 1.807) is 7.11 Å². The third-order valence-corrected chi connectivity index (χ3v) is 4.91. The van der Waals surface area contributed by atoms with Crippen LogP contribution in [0, 0.1) is 6.92 Å². The molecule has 0 saturated heterocycles. The number of methoxy groups -OCH3 is 1. The van der Waals surface area contributed by atoms with Crippen LogP contribution in [0.3, 0.4) is 0 Å². The van der Waals surface area contributed by atoms with Crippen molar-refractivity contribution in [1.29, 1.82) is 0 Å². The quantitative estimate of drug-likeness (QED) is 0.624. The zero-order chi connectivity index (χ0) is 20.9. The first-order valence-corrected chi connectivity index (χ1v) is 9.68. The summed E-state index contributed by atoms with van der Waals surface area (Å²) in [5, 5.41) is 7.01. The molecule has 0 fully saturated rings. The predicted octanol–water partition coefficient (Wildman–Crippen LogP) is 4.08. The molecule has 1 N–H and O–H groups in total. The molecule has 1 heterocycles. The molecular formula is C23H27N3O3. The molecule has 0 radical (unpaired) electrons. The van der Waals surface area contributed by atoms with Crippen molar-refractivity contribution in [3.05, 3.63) is 65.5 Å². The van der Waals surface area contributed by atoms with E-state index < -0.39 is 0 Å². The first-order chi connectivity index (χ1) is 13.9. The van der Waals surface area contributed by atoms with Gasteiger partial charge < -0.3 is 14.6 Å². The predicted molar refractivity (Wildman–Crippen MR) is 112 cm³/mol. The fraction of sp³-hybridized carbons (Fsp3) is 0.348. The number of hydrogen-bond acceptors (Lipinski definition) is 5. The van der Waals surface area contributed by atoms with Crippen LogP contribution in [-0.4, -0.2) is 29.7 Å². The molecule has 0 aliphatic heterocycles. The lowest BCUT2D eigenvalue weighted by Crippen LogP contribution is -2.36. The standard InChI is InChI=1S/C23H27N3O3/c1-16-6-5-7-18(14-16)23(2,3)15-24-20(27)12-13-21-25-22(26-29-21)17-8-10-19(28-4)11-9-17/h5-11,14H,12-13,15H2,1-4H3,(H,24,27). The van der Waals surface area contributed by atoms with Crippen LogP contribution >= 0.6 is 0 Å². The Hall–Kier alpha value is -3.15. The minimum Gasteiger partial charge on any atom is -0.497 e. The number of nitrogens with one attached hydrogen (secondary N) is 1. The molecule has 1 amide bonds. The average molecular weight is 393 g/mol. The van der Waals surface area contributed by atoms with Gasteiger partial charge >= 0.3 is 0 Å². The van der Waals surface area contributed by atoms with E-state index in [1.165, 1.54) is 11.1 Å². The molecule has 0 saturated carbocycles. The van der Waals surface area contributed by atoms with E-state index in [2.05, 4.69) is 54.4 Å². The minimum atomic E-state index is -0.145. The summed E-state index contributed by atoms with van der Waals surface area (Å²) in [5.74, 6) is 1.69. The summed E-state index contributed by atoms with van der Waals surface area (Å²) < 4.78 is 10.4. The number of benzene rings is 2. The van der Waals surface area contributed by atoms with E-state index in [-0.39, 0.29) is 11.3 Å². The van der Waals surface area contributed by atoms with Gasteiger partial charge in [-0.15, -0.1) is 0 Å². The molecule has 6 heteroatoms. The van der Waals surface area contributed by atoms with E-state index in [4.69, 9.17) is 9.26 Å². The van der Waals surface area contributed by atoms with Gasteiger partial charge in [-0.1, -0.05) is 48.8 Å². The molecule has 3 rings (SSSR count). The molecule has 3 aromatic rings. The van der Waals surface area contributed by atoms with E-state index in [0.717, 1.165) is 11.3 Å². The smallest absolute Gasteiger partial charge is 0.227 e. The number of ether oxygens (including phenoxy) is 1. The zero-order valence-electron chi connectivity index (χ0n) is 17.4. The van der Waals surface area contributed by atoms with Gasteiger partial charge in [-0.25, -0.2) is 0 Å². The summed E-state index contributed by atoms with van der Waals surface area (Å²) in [6.45, 7) is 6.89. The first-order valence-electron chi connectivity index (χ1n) is 9.68. The summed E-state index contributed by atoms with van der Waals surface area (Å²) in [4.78, 5) is 16.7. The second kappa shape index (κ2) is 8.90. The number of nitrogens with zero attached hydrogens (tertiary/aromatic N) is 2. The Labute approximate surface area is 171 Å². The first kappa shape index (κ1) is 20.6. The van der Waals surface area contributed by atoms with Crippen LogP contribution in [0.1, 0.15) is 37.3 Å². The van der Waals surface area contributed by atoms with Gasteiger partial charge in [0.2, 0.25) is 17.6 Å². The van der Waals surface area contributed by atoms with Gasteiger partial charge in [0.05, 0.1) is 7.11 Å². The van der Waals surface area contributed by atoms with Crippen molar-refractivity contribution in [2.24, 2.45) is 0 Å². The molecule has 152 valence electrons. The molecule has 0 aliphatic rings. The highest BCUT2D eigenvalue weighted by atomic mass is 16.5. The Balaban J connectivity index is 1.51. The van der Waals surface area contributed by atoms with Crippen LogP contribution in [0.5, 0.6) is 5.75 Å². The number of rotatable bonds is 8. The molecule has 0 bridgehead atoms. The Morgan fingerprint density at radius 3 is 2.62 bits per heavy atom. The second-order valence-corrected chi connectivity index (χ2v) is 7.77. The molecule has 0 atom stereocenters. The highest BCUT2D eigenvalue weighted by Gasteiger charge is 2.21. The van der Waals surface area contributed by atoms with E-state index >= 15 is 0 Å². The molecule has 0 unspecified atom stereocenters. The molecule has 2 aromatic carbocycles. The number of hydrogen-bond donors (Lipinski definition) is 1. The summed E-state index contributed by atoms with van der Waals surface area (Å²) in [7, 11) is 1.62. The molecule has 1 aromatic heterocycles. The van der Waals surface area contributed by atoms with Gasteiger partial charge in [0.25, 0.3) is 0 Å². The van der Waals surface area contributed by atoms with Crippen molar-refractivity contribution in [3.8, 4) is 17.1 Å². The number of amides is 1. The lowest BCUT2D eigenvalue weighted by molar-refractivity contribution is -0.121. The minimum absolute atomic E-state index is 0.0325. The summed E-state index contributed by atoms with van der Waals surface area (Å²) in [6.07, 6.45) is 0.702. The van der Waals surface area contributed by atoms with Crippen molar-refractivity contribution in [2.75, 3.05) is 13.7 Å². The lowest BCUT2D eigenvalue weighted by atomic mass is 9.84. The third kappa shape index (κ3) is 5.44. The van der Waals surface area contributed by atoms with Crippen LogP contribution < -0.4 is 10.1 Å². The Bertz CT molecular complexity index is 962. The van der Waals surface area contributed by atoms with Gasteiger partial charge in [-0.2, -0.15) is 4.98 Å². The van der Waals surface area contributed by atoms with Crippen molar-refractivity contribution in [1.82, 2.24) is 15.5 Å². The molecule has 29 heavy (non-hydrogen) atoms. The van der Waals surface area contributed by atoms with Crippen molar-refractivity contribution in [3.63, 3.8) is 0 Å². The Morgan fingerprint density at radius 2 is 1.93 bits per heavy atom. The highest BCUT2D eigenvalue weighted by Crippen LogP contribution is 2.23. The van der Waals surface area contributed by atoms with Gasteiger partial charge in [0.15, 0.2) is 0 Å². The molecular weight excluding hydrogens is 366 g/mol. The van der Waals surface area contributed by atoms with Crippen LogP contribution in [0.15, 0.2) is 53.1 Å². The zero-order valence-corrected chi connectivity index (χ0v) is 17.4. The summed E-state index contributed by atoms with van der Waals surface area (Å²) in [5.41, 5.74) is 3.11. The maximum absolute atomic E-state index is 12.3. The van der Waals surface area contributed by atoms with Gasteiger partial charge in [-0.3, -0.25) is 4.79 Å². The van der Waals surface area contributed by atoms with Crippen LogP contribution in [0.4, 0.5) is 0 Å². The summed E-state index contributed by atoms with van der Waals surface area (Å²) >= 11 is 0. The van der Waals surface area contributed by atoms with Crippen LogP contribution in [0.2, 0.25) is 0 Å². The number of aryl methyl sites for hydroxylation is 2. The van der Waals surface area contributed by atoms with E-state index in [1.807, 2.05) is 30.3 Å². The molecule has 6 nitrogen and oxygen atoms in total. The van der Waals surface area contributed by atoms with Gasteiger partial charge in [-0.05, 0) is 36.8 Å². The van der Waals surface area contributed by atoms with Crippen molar-refractivity contribution in [2.45, 2.75) is 39.0 Å². The molecule has 0 spiro atoms. The van der Waals surface area contributed by atoms with Crippen molar-refractivity contribution >= 4 is 5.91 Å². The summed E-state index contributed by atoms with van der Waals surface area (Å²) in [6, 6.07) is 15.8. The number of carbonyl (C=O) groups excluding carboxylic acids is 1. The Morgan fingerprint density at radius 1 is 1.17 bits per heavy atom. The number of aromatic nitrogens is 2. The maximum Gasteiger partial charge on any atom is 0.227 e. The van der Waals surface area contributed by atoms with E-state index in [0.29, 0.717) is 31.1 Å². The van der Waals surface area contributed by atoms with Gasteiger partial charge in [0, 0.05) is 30.4 Å². The maximum atomic E-state index is 12.3. The largest absolute Gasteiger partial charge is 0.497 e. The number of carbonyl (C=O) groups is 1. The Kier molecular flexibility index (Phi) is 6.32. The molecule has 0 aliphatic carbocycles. The third-order valence-electron chi connectivity index (χ3n) is 4.91. The second-order valence-electron chi connectivity index (χ2n) is 7.77. The fourth-order valence-electron chi connectivity index (χ4n) is 3.01. The van der Waals surface area contributed by atoms with Gasteiger partial charge in [0.1, 0.15) is 5.75 Å². The SMILES string of the molecule is COc1ccc(-c2noc(CCC(=O)NCC(C)(C)c3cccc(C)c3)n2)cc1. The van der Waals surface area contributed by atoms with Crippen LogP contribution in [0.25, 0.3) is 11.4 Å². The van der Waals surface area contributed by atoms with Crippen molar-refractivity contribution < 1.29 is 14.1 Å². The average Bonchev–Trinajstić information content (AvgIpc) is 3.20. The van der Waals surface area contributed by atoms with Crippen LogP contribution in [-0.2, 0) is 16.6 Å². The normalized spacial score (nSPS) is 11.3.